The molecule has 0 saturated carbocycles. The van der Waals surface area contributed by atoms with E-state index < -0.39 is 11.9 Å². The molecule has 20 heavy (non-hydrogen) atoms. The van der Waals surface area contributed by atoms with Crippen LogP contribution in [0.4, 0.5) is 5.69 Å². The van der Waals surface area contributed by atoms with Crippen LogP contribution in [0.1, 0.15) is 24.8 Å². The first-order valence-corrected chi connectivity index (χ1v) is 6.72. The van der Waals surface area contributed by atoms with Gasteiger partial charge in [0, 0.05) is 30.2 Å². The quantitative estimate of drug-likeness (QED) is 0.772. The maximum absolute atomic E-state index is 10.7. The lowest BCUT2D eigenvalue weighted by Crippen LogP contribution is -2.28. The van der Waals surface area contributed by atoms with Crippen LogP contribution in [0, 0.1) is 6.92 Å². The van der Waals surface area contributed by atoms with Gasteiger partial charge in [0.05, 0.1) is 6.42 Å². The van der Waals surface area contributed by atoms with Crippen molar-refractivity contribution in [1.82, 2.24) is 0 Å². The number of hydrogen-bond donors (Lipinski definition) is 2. The average molecular weight is 300 g/mol. The van der Waals surface area contributed by atoms with E-state index in [-0.39, 0.29) is 12.8 Å². The number of halogens is 1. The number of benzene rings is 1. The molecule has 0 fully saturated rings. The highest BCUT2D eigenvalue weighted by molar-refractivity contribution is 6.30. The van der Waals surface area contributed by atoms with Crippen molar-refractivity contribution < 1.29 is 19.8 Å². The molecule has 0 saturated heterocycles. The van der Waals surface area contributed by atoms with E-state index >= 15 is 0 Å². The predicted molar refractivity (Wildman–Crippen MR) is 77.5 cm³/mol. The normalized spacial score (nSPS) is 10.3. The fraction of sp³-hybridized carbons (Fsp3) is 0.429. The van der Waals surface area contributed by atoms with Crippen LogP contribution in [0.15, 0.2) is 18.2 Å². The van der Waals surface area contributed by atoms with Crippen LogP contribution >= 0.6 is 11.6 Å². The minimum absolute atomic E-state index is 0.000967. The maximum Gasteiger partial charge on any atom is 0.305 e. The second kappa shape index (κ2) is 7.75. The first kappa shape index (κ1) is 16.3. The lowest BCUT2D eigenvalue weighted by molar-refractivity contribution is -0.138. The Morgan fingerprint density at radius 3 is 2.40 bits per heavy atom. The zero-order chi connectivity index (χ0) is 15.1. The van der Waals surface area contributed by atoms with Gasteiger partial charge in [-0.05, 0) is 31.0 Å². The van der Waals surface area contributed by atoms with Gasteiger partial charge in [-0.1, -0.05) is 17.7 Å². The third-order valence-corrected chi connectivity index (χ3v) is 3.16. The number of hydrogen-bond acceptors (Lipinski definition) is 3. The highest BCUT2D eigenvalue weighted by Gasteiger charge is 2.12. The molecule has 0 aliphatic carbocycles. The van der Waals surface area contributed by atoms with E-state index in [9.17, 15) is 9.59 Å². The van der Waals surface area contributed by atoms with Crippen LogP contribution in [0.3, 0.4) is 0 Å². The number of carbonyl (C=O) groups is 2. The van der Waals surface area contributed by atoms with Crippen molar-refractivity contribution in [3.63, 3.8) is 0 Å². The summed E-state index contributed by atoms with van der Waals surface area (Å²) in [5, 5.41) is 18.1. The summed E-state index contributed by atoms with van der Waals surface area (Å²) in [5.41, 5.74) is 1.83. The summed E-state index contributed by atoms with van der Waals surface area (Å²) >= 11 is 5.97. The van der Waals surface area contributed by atoms with Crippen molar-refractivity contribution >= 4 is 29.2 Å². The second-order valence-corrected chi connectivity index (χ2v) is 5.00. The Morgan fingerprint density at radius 1 is 1.15 bits per heavy atom. The van der Waals surface area contributed by atoms with Crippen molar-refractivity contribution in [2.24, 2.45) is 0 Å². The molecule has 0 aliphatic heterocycles. The molecule has 0 amide bonds. The smallest absolute Gasteiger partial charge is 0.305 e. The molecule has 1 aromatic rings. The Morgan fingerprint density at radius 2 is 1.80 bits per heavy atom. The number of nitrogens with zero attached hydrogens (tertiary/aromatic N) is 1. The first-order valence-electron chi connectivity index (χ1n) is 6.35. The highest BCUT2D eigenvalue weighted by Crippen LogP contribution is 2.25. The molecule has 0 atom stereocenters. The van der Waals surface area contributed by atoms with Gasteiger partial charge < -0.3 is 15.1 Å². The molecule has 1 aromatic carbocycles. The van der Waals surface area contributed by atoms with Crippen LogP contribution in [0.2, 0.25) is 5.02 Å². The molecule has 0 unspecified atom stereocenters. The minimum Gasteiger partial charge on any atom is -0.481 e. The third kappa shape index (κ3) is 5.48. The molecule has 6 heteroatoms. The maximum atomic E-state index is 10.7. The molecular formula is C14H18ClNO4. The van der Waals surface area contributed by atoms with Gasteiger partial charge in [-0.15, -0.1) is 0 Å². The summed E-state index contributed by atoms with van der Waals surface area (Å²) < 4.78 is 0. The Labute approximate surface area is 122 Å². The lowest BCUT2D eigenvalue weighted by atomic mass is 10.1. The highest BCUT2D eigenvalue weighted by atomic mass is 35.5. The third-order valence-electron chi connectivity index (χ3n) is 2.93. The van der Waals surface area contributed by atoms with Gasteiger partial charge in [0.1, 0.15) is 0 Å². The monoisotopic (exact) mass is 299 g/mol. The summed E-state index contributed by atoms with van der Waals surface area (Å²) in [4.78, 5) is 23.2. The van der Waals surface area contributed by atoms with Gasteiger partial charge in [0.15, 0.2) is 0 Å². The Hall–Kier alpha value is -1.75. The molecular weight excluding hydrogens is 282 g/mol. The van der Waals surface area contributed by atoms with Crippen LogP contribution in [-0.4, -0.2) is 35.2 Å². The number of rotatable bonds is 8. The number of aliphatic carboxylic acids is 2. The van der Waals surface area contributed by atoms with Crippen molar-refractivity contribution in [3.8, 4) is 0 Å². The van der Waals surface area contributed by atoms with Crippen LogP contribution in [0.5, 0.6) is 0 Å². The summed E-state index contributed by atoms with van der Waals surface area (Å²) in [5.74, 6) is -1.74. The topological polar surface area (TPSA) is 77.8 Å². The fourth-order valence-corrected chi connectivity index (χ4v) is 2.09. The number of carboxylic acid groups (broad SMARTS) is 2. The predicted octanol–water partition coefficient (Wildman–Crippen LogP) is 2.79. The molecule has 0 radical (unpaired) electrons. The number of carboxylic acids is 2. The number of aryl methyl sites for hydroxylation is 1. The largest absolute Gasteiger partial charge is 0.481 e. The summed E-state index contributed by atoms with van der Waals surface area (Å²) in [7, 11) is 0. The number of anilines is 1. The van der Waals surface area contributed by atoms with Crippen LogP contribution < -0.4 is 4.90 Å². The van der Waals surface area contributed by atoms with E-state index in [1.54, 1.807) is 12.1 Å². The van der Waals surface area contributed by atoms with Crippen LogP contribution in [-0.2, 0) is 9.59 Å². The van der Waals surface area contributed by atoms with Gasteiger partial charge in [0.25, 0.3) is 0 Å². The Balaban J connectivity index is 2.81. The molecule has 0 spiro atoms. The standard InChI is InChI=1S/C14H18ClNO4/c1-10-4-5-11(15)9-12(10)16(8-6-14(19)20)7-2-3-13(17)18/h4-5,9H,2-3,6-8H2,1H3,(H,17,18)(H,19,20). The molecule has 0 heterocycles. The van der Waals surface area contributed by atoms with Gasteiger partial charge in [-0.3, -0.25) is 9.59 Å². The van der Waals surface area contributed by atoms with E-state index in [0.29, 0.717) is 24.5 Å². The van der Waals surface area contributed by atoms with Gasteiger partial charge in [0.2, 0.25) is 0 Å². The summed E-state index contributed by atoms with van der Waals surface area (Å²) in [6, 6.07) is 5.41. The van der Waals surface area contributed by atoms with E-state index in [4.69, 9.17) is 21.8 Å². The molecule has 0 bridgehead atoms. The van der Waals surface area contributed by atoms with Crippen molar-refractivity contribution in [1.29, 1.82) is 0 Å². The van der Waals surface area contributed by atoms with E-state index in [2.05, 4.69) is 0 Å². The molecule has 110 valence electrons. The summed E-state index contributed by atoms with van der Waals surface area (Å²) in [6.07, 6.45) is 0.517. The van der Waals surface area contributed by atoms with Gasteiger partial charge >= 0.3 is 11.9 Å². The Bertz CT molecular complexity index is 490. The van der Waals surface area contributed by atoms with Crippen molar-refractivity contribution in [2.45, 2.75) is 26.2 Å². The average Bonchev–Trinajstić information content (AvgIpc) is 2.36. The molecule has 1 rings (SSSR count). The summed E-state index contributed by atoms with van der Waals surface area (Å²) in [6.45, 7) is 2.73. The van der Waals surface area contributed by atoms with E-state index in [0.717, 1.165) is 11.3 Å². The van der Waals surface area contributed by atoms with Gasteiger partial charge in [-0.2, -0.15) is 0 Å². The van der Waals surface area contributed by atoms with Crippen molar-refractivity contribution in [2.75, 3.05) is 18.0 Å². The zero-order valence-electron chi connectivity index (χ0n) is 11.3. The van der Waals surface area contributed by atoms with E-state index in [1.165, 1.54) is 0 Å². The van der Waals surface area contributed by atoms with Gasteiger partial charge in [-0.25, -0.2) is 0 Å². The first-order chi connectivity index (χ1) is 9.40. The Kier molecular flexibility index (Phi) is 6.31. The molecule has 5 nitrogen and oxygen atoms in total. The zero-order valence-corrected chi connectivity index (χ0v) is 12.1. The molecule has 2 N–H and O–H groups in total. The van der Waals surface area contributed by atoms with Crippen LogP contribution in [0.25, 0.3) is 0 Å². The minimum atomic E-state index is -0.882. The SMILES string of the molecule is Cc1ccc(Cl)cc1N(CCCC(=O)O)CCC(=O)O. The lowest BCUT2D eigenvalue weighted by Gasteiger charge is -2.26. The molecule has 0 aliphatic rings. The van der Waals surface area contributed by atoms with Crippen molar-refractivity contribution in [3.05, 3.63) is 28.8 Å². The van der Waals surface area contributed by atoms with E-state index in [1.807, 2.05) is 17.9 Å². The fourth-order valence-electron chi connectivity index (χ4n) is 1.93. The molecule has 0 aromatic heterocycles. The second-order valence-electron chi connectivity index (χ2n) is 4.56.